The molecule has 0 spiro atoms. The van der Waals surface area contributed by atoms with E-state index in [1.807, 2.05) is 0 Å². The molecule has 0 aliphatic carbocycles. The van der Waals surface area contributed by atoms with Gasteiger partial charge in [-0.1, -0.05) is 5.23 Å². The van der Waals surface area contributed by atoms with Gasteiger partial charge in [-0.15, -0.1) is 0 Å². The minimum Gasteiger partial charge on any atom is -0.480 e. The number of rotatable bonds is 5. The average Bonchev–Trinajstić information content (AvgIpc) is 1.84. The molecule has 0 rings (SSSR count). The number of amides is 1. The number of hydroxylamine groups is 2. The lowest BCUT2D eigenvalue weighted by Gasteiger charge is -2.14. The number of primary amides is 1. The van der Waals surface area contributed by atoms with Gasteiger partial charge in [0.15, 0.2) is 6.04 Å². The Labute approximate surface area is 67.9 Å². The zero-order chi connectivity index (χ0) is 9.72. The number of carboxylic acid groups (broad SMARTS) is 1. The van der Waals surface area contributed by atoms with E-state index in [4.69, 9.17) is 21.3 Å². The molecule has 7 nitrogen and oxygen atoms in total. The van der Waals surface area contributed by atoms with Gasteiger partial charge in [-0.05, 0) is 6.42 Å². The summed E-state index contributed by atoms with van der Waals surface area (Å²) in [6.45, 7) is 0. The highest BCUT2D eigenvalue weighted by molar-refractivity contribution is 5.76. The first kappa shape index (κ1) is 10.8. The first-order valence-corrected chi connectivity index (χ1v) is 3.13. The SMILES string of the molecule is NC(=O)CCC(C(=O)O)N(O)O. The molecule has 0 heterocycles. The van der Waals surface area contributed by atoms with Crippen molar-refractivity contribution in [2.45, 2.75) is 18.9 Å². The van der Waals surface area contributed by atoms with E-state index in [0.717, 1.165) is 0 Å². The van der Waals surface area contributed by atoms with E-state index in [1.165, 1.54) is 0 Å². The third-order valence-corrected chi connectivity index (χ3v) is 1.23. The monoisotopic (exact) mass is 178 g/mol. The van der Waals surface area contributed by atoms with Crippen LogP contribution < -0.4 is 5.73 Å². The Morgan fingerprint density at radius 1 is 1.42 bits per heavy atom. The van der Waals surface area contributed by atoms with Crippen LogP contribution in [0.5, 0.6) is 0 Å². The minimum absolute atomic E-state index is 0.214. The number of aliphatic carboxylic acids is 1. The first-order valence-electron chi connectivity index (χ1n) is 3.13. The second kappa shape index (κ2) is 4.65. The van der Waals surface area contributed by atoms with Crippen LogP contribution in [0.3, 0.4) is 0 Å². The summed E-state index contributed by atoms with van der Waals surface area (Å²) >= 11 is 0. The summed E-state index contributed by atoms with van der Waals surface area (Å²) in [6.07, 6.45) is -0.452. The molecule has 1 amide bonds. The summed E-state index contributed by atoms with van der Waals surface area (Å²) in [5, 5.41) is 24.6. The lowest BCUT2D eigenvalue weighted by atomic mass is 10.1. The molecule has 0 aromatic heterocycles. The molecule has 0 bridgehead atoms. The zero-order valence-electron chi connectivity index (χ0n) is 6.17. The fourth-order valence-electron chi connectivity index (χ4n) is 0.617. The largest absolute Gasteiger partial charge is 0.480 e. The normalized spacial score (nSPS) is 12.9. The van der Waals surface area contributed by atoms with Crippen molar-refractivity contribution in [3.05, 3.63) is 0 Å². The molecule has 0 fully saturated rings. The highest BCUT2D eigenvalue weighted by Crippen LogP contribution is 2.02. The third kappa shape index (κ3) is 3.86. The molecule has 0 aliphatic rings. The van der Waals surface area contributed by atoms with Crippen molar-refractivity contribution in [1.82, 2.24) is 5.23 Å². The number of hydrogen-bond acceptors (Lipinski definition) is 5. The van der Waals surface area contributed by atoms with Crippen LogP contribution in [0, 0.1) is 0 Å². The lowest BCUT2D eigenvalue weighted by molar-refractivity contribution is -0.328. The molecule has 0 aromatic carbocycles. The number of carbonyl (C=O) groups excluding carboxylic acids is 1. The Kier molecular flexibility index (Phi) is 4.19. The van der Waals surface area contributed by atoms with Gasteiger partial charge in [-0.2, -0.15) is 0 Å². The second-order valence-electron chi connectivity index (χ2n) is 2.18. The Morgan fingerprint density at radius 2 is 1.92 bits per heavy atom. The van der Waals surface area contributed by atoms with Gasteiger partial charge < -0.3 is 10.8 Å². The Hall–Kier alpha value is -1.18. The molecule has 1 atom stereocenters. The number of carbonyl (C=O) groups is 2. The molecule has 7 heteroatoms. The molecule has 0 radical (unpaired) electrons. The summed E-state index contributed by atoms with van der Waals surface area (Å²) in [5.74, 6) is -2.12. The van der Waals surface area contributed by atoms with Crippen LogP contribution in [0.4, 0.5) is 0 Å². The molecular formula is C5H10N2O5. The van der Waals surface area contributed by atoms with Crippen LogP contribution in [0.15, 0.2) is 0 Å². The Morgan fingerprint density at radius 3 is 2.17 bits per heavy atom. The predicted octanol–water partition coefficient (Wildman–Crippen LogP) is -1.21. The van der Waals surface area contributed by atoms with E-state index in [0.29, 0.717) is 0 Å². The number of nitrogens with zero attached hydrogens (tertiary/aromatic N) is 1. The van der Waals surface area contributed by atoms with Crippen molar-refractivity contribution in [2.75, 3.05) is 0 Å². The topological polar surface area (TPSA) is 124 Å². The van der Waals surface area contributed by atoms with E-state index in [-0.39, 0.29) is 12.8 Å². The smallest absolute Gasteiger partial charge is 0.325 e. The van der Waals surface area contributed by atoms with Gasteiger partial charge in [0.25, 0.3) is 0 Å². The van der Waals surface area contributed by atoms with E-state index in [2.05, 4.69) is 0 Å². The van der Waals surface area contributed by atoms with Crippen LogP contribution in [-0.2, 0) is 9.59 Å². The Balaban J connectivity index is 3.97. The van der Waals surface area contributed by atoms with E-state index < -0.39 is 23.1 Å². The fraction of sp³-hybridized carbons (Fsp3) is 0.600. The van der Waals surface area contributed by atoms with E-state index in [9.17, 15) is 9.59 Å². The van der Waals surface area contributed by atoms with Gasteiger partial charge in [0, 0.05) is 6.42 Å². The van der Waals surface area contributed by atoms with Crippen molar-refractivity contribution in [3.8, 4) is 0 Å². The van der Waals surface area contributed by atoms with Gasteiger partial charge in [-0.3, -0.25) is 20.0 Å². The minimum atomic E-state index is -1.52. The lowest BCUT2D eigenvalue weighted by Crippen LogP contribution is -2.37. The average molecular weight is 178 g/mol. The molecule has 1 unspecified atom stereocenters. The predicted molar refractivity (Wildman–Crippen MR) is 35.3 cm³/mol. The second-order valence-corrected chi connectivity index (χ2v) is 2.18. The molecule has 0 aromatic rings. The molecule has 70 valence electrons. The molecule has 0 aliphatic heterocycles. The van der Waals surface area contributed by atoms with Gasteiger partial charge in [0.2, 0.25) is 5.91 Å². The molecule has 12 heavy (non-hydrogen) atoms. The number of carboxylic acids is 1. The van der Waals surface area contributed by atoms with Gasteiger partial charge in [-0.25, -0.2) is 0 Å². The van der Waals surface area contributed by atoms with Crippen LogP contribution in [0.25, 0.3) is 0 Å². The van der Waals surface area contributed by atoms with Gasteiger partial charge in [0.05, 0.1) is 0 Å². The van der Waals surface area contributed by atoms with Gasteiger partial charge >= 0.3 is 5.97 Å². The highest BCUT2D eigenvalue weighted by atomic mass is 16.8. The maximum Gasteiger partial charge on any atom is 0.325 e. The first-order chi connectivity index (χ1) is 5.45. The summed E-state index contributed by atoms with van der Waals surface area (Å²) in [5.41, 5.74) is 4.73. The zero-order valence-corrected chi connectivity index (χ0v) is 6.17. The van der Waals surface area contributed by atoms with Crippen molar-refractivity contribution in [3.63, 3.8) is 0 Å². The van der Waals surface area contributed by atoms with Crippen LogP contribution in [0.1, 0.15) is 12.8 Å². The van der Waals surface area contributed by atoms with Crippen molar-refractivity contribution in [1.29, 1.82) is 0 Å². The molecular weight excluding hydrogens is 168 g/mol. The van der Waals surface area contributed by atoms with Gasteiger partial charge in [0.1, 0.15) is 0 Å². The van der Waals surface area contributed by atoms with E-state index >= 15 is 0 Å². The quantitative estimate of drug-likeness (QED) is 0.391. The molecule has 5 N–H and O–H groups in total. The fourth-order valence-corrected chi connectivity index (χ4v) is 0.617. The van der Waals surface area contributed by atoms with E-state index in [1.54, 1.807) is 0 Å². The number of nitrogens with two attached hydrogens (primary N) is 1. The highest BCUT2D eigenvalue weighted by Gasteiger charge is 2.23. The van der Waals surface area contributed by atoms with Crippen LogP contribution >= 0.6 is 0 Å². The molecule has 0 saturated heterocycles. The standard InChI is InChI=1S/C5H10N2O5/c6-4(8)2-1-3(5(9)10)7(11)12/h3,11-12H,1-2H2,(H2,6,8)(H,9,10). The van der Waals surface area contributed by atoms with Crippen molar-refractivity contribution < 1.29 is 25.1 Å². The van der Waals surface area contributed by atoms with Crippen molar-refractivity contribution in [2.24, 2.45) is 5.73 Å². The Bertz CT molecular complexity index is 181. The number of hydrogen-bond donors (Lipinski definition) is 4. The maximum absolute atomic E-state index is 10.2. The third-order valence-electron chi connectivity index (χ3n) is 1.23. The summed E-state index contributed by atoms with van der Waals surface area (Å²) < 4.78 is 0. The van der Waals surface area contributed by atoms with Crippen molar-refractivity contribution >= 4 is 11.9 Å². The molecule has 0 saturated carbocycles. The maximum atomic E-state index is 10.2. The van der Waals surface area contributed by atoms with Crippen LogP contribution in [0.2, 0.25) is 0 Å². The summed E-state index contributed by atoms with van der Waals surface area (Å²) in [6, 6.07) is -1.52. The summed E-state index contributed by atoms with van der Waals surface area (Å²) in [4.78, 5) is 20.4. The van der Waals surface area contributed by atoms with Crippen LogP contribution in [-0.4, -0.2) is 38.7 Å². The summed E-state index contributed by atoms with van der Waals surface area (Å²) in [7, 11) is 0.